The topological polar surface area (TPSA) is 51.5 Å². The molecule has 1 N–H and O–H groups in total. The van der Waals surface area contributed by atoms with Gasteiger partial charge in [-0.25, -0.2) is 0 Å². The van der Waals surface area contributed by atoms with Gasteiger partial charge in [0.05, 0.1) is 17.3 Å². The molecule has 0 aliphatic rings. The van der Waals surface area contributed by atoms with Crippen molar-refractivity contribution in [3.05, 3.63) is 57.8 Å². The normalized spacial score (nSPS) is 10.8. The highest BCUT2D eigenvalue weighted by Gasteiger charge is 2.20. The van der Waals surface area contributed by atoms with Crippen LogP contribution in [0.5, 0.6) is 5.75 Å². The molecule has 0 bridgehead atoms. The Hall–Kier alpha value is -2.17. The molecule has 0 radical (unpaired) electrons. The predicted octanol–water partition coefficient (Wildman–Crippen LogP) is 5.70. The second-order valence-electron chi connectivity index (χ2n) is 5.20. The molecule has 4 nitrogen and oxygen atoms in total. The molecule has 0 aliphatic heterocycles. The number of aryl methyl sites for hydroxylation is 1. The van der Waals surface area contributed by atoms with Gasteiger partial charge in [0.2, 0.25) is 0 Å². The fraction of sp³-hybridized carbons (Fsp3) is 0.167. The van der Waals surface area contributed by atoms with E-state index in [-0.39, 0.29) is 11.7 Å². The summed E-state index contributed by atoms with van der Waals surface area (Å²) in [6.07, 6.45) is 0. The summed E-state index contributed by atoms with van der Waals surface area (Å²) in [4.78, 5) is 12.6. The number of halogens is 2. The molecule has 6 heteroatoms. The molecule has 0 saturated heterocycles. The van der Waals surface area contributed by atoms with Crippen LogP contribution in [0.15, 0.2) is 40.8 Å². The van der Waals surface area contributed by atoms with Gasteiger partial charge in [0.25, 0.3) is 5.91 Å². The van der Waals surface area contributed by atoms with Crippen molar-refractivity contribution in [2.24, 2.45) is 0 Å². The highest BCUT2D eigenvalue weighted by Crippen LogP contribution is 2.34. The molecule has 0 atom stereocenters. The van der Waals surface area contributed by atoms with Gasteiger partial charge in [0.1, 0.15) is 5.58 Å². The maximum Gasteiger partial charge on any atom is 0.291 e. The van der Waals surface area contributed by atoms with Crippen molar-refractivity contribution in [1.29, 1.82) is 0 Å². The summed E-state index contributed by atoms with van der Waals surface area (Å²) in [5, 5.41) is 4.63. The summed E-state index contributed by atoms with van der Waals surface area (Å²) in [6, 6.07) is 10.4. The highest BCUT2D eigenvalue weighted by atomic mass is 35.5. The predicted molar refractivity (Wildman–Crippen MR) is 96.5 cm³/mol. The summed E-state index contributed by atoms with van der Waals surface area (Å²) in [6.45, 7) is 4.11. The van der Waals surface area contributed by atoms with Gasteiger partial charge < -0.3 is 14.5 Å². The molecule has 0 fully saturated rings. The Morgan fingerprint density at radius 3 is 2.79 bits per heavy atom. The standard InChI is InChI=1S/C18H15Cl2NO3/c1-3-23-17-13(20)5-4-6-14(17)21-18(22)16-10(2)12-9-11(19)7-8-15(12)24-16/h4-9H,3H2,1-2H3,(H,21,22). The number of furan rings is 1. The number of benzene rings is 2. The number of carbonyl (C=O) groups is 1. The lowest BCUT2D eigenvalue weighted by Gasteiger charge is -2.12. The van der Waals surface area contributed by atoms with Crippen LogP contribution in [0.3, 0.4) is 0 Å². The van der Waals surface area contributed by atoms with E-state index in [1.54, 1.807) is 36.4 Å². The third kappa shape index (κ3) is 3.07. The van der Waals surface area contributed by atoms with E-state index in [2.05, 4.69) is 5.32 Å². The van der Waals surface area contributed by atoms with Crippen LogP contribution in [0.1, 0.15) is 23.0 Å². The first kappa shape index (κ1) is 16.7. The van der Waals surface area contributed by atoms with Gasteiger partial charge in [-0.1, -0.05) is 29.3 Å². The van der Waals surface area contributed by atoms with Gasteiger partial charge in [-0.05, 0) is 44.2 Å². The van der Waals surface area contributed by atoms with Gasteiger partial charge in [-0.2, -0.15) is 0 Å². The molecule has 3 aromatic rings. The van der Waals surface area contributed by atoms with Crippen molar-refractivity contribution in [2.45, 2.75) is 13.8 Å². The van der Waals surface area contributed by atoms with Gasteiger partial charge in [-0.15, -0.1) is 0 Å². The van der Waals surface area contributed by atoms with Crippen LogP contribution >= 0.6 is 23.2 Å². The summed E-state index contributed by atoms with van der Waals surface area (Å²) in [7, 11) is 0. The van der Waals surface area contributed by atoms with Gasteiger partial charge >= 0.3 is 0 Å². The zero-order valence-electron chi connectivity index (χ0n) is 13.2. The number of ether oxygens (including phenoxy) is 1. The van der Waals surface area contributed by atoms with Crippen molar-refractivity contribution in [2.75, 3.05) is 11.9 Å². The Labute approximate surface area is 149 Å². The van der Waals surface area contributed by atoms with Crippen molar-refractivity contribution in [1.82, 2.24) is 0 Å². The number of carbonyl (C=O) groups excluding carboxylic acids is 1. The number of hydrogen-bond acceptors (Lipinski definition) is 3. The van der Waals surface area contributed by atoms with E-state index in [9.17, 15) is 4.79 Å². The fourth-order valence-electron chi connectivity index (χ4n) is 2.49. The average molecular weight is 364 g/mol. The minimum absolute atomic E-state index is 0.231. The van der Waals surface area contributed by atoms with E-state index < -0.39 is 0 Å². The Morgan fingerprint density at radius 1 is 1.25 bits per heavy atom. The first-order valence-electron chi connectivity index (χ1n) is 7.42. The lowest BCUT2D eigenvalue weighted by molar-refractivity contribution is 0.0997. The Balaban J connectivity index is 1.96. The van der Waals surface area contributed by atoms with E-state index >= 15 is 0 Å². The summed E-state index contributed by atoms with van der Waals surface area (Å²) in [5.74, 6) is 0.296. The smallest absolute Gasteiger partial charge is 0.291 e. The minimum atomic E-state index is -0.372. The monoisotopic (exact) mass is 363 g/mol. The number of para-hydroxylation sites is 1. The third-order valence-electron chi connectivity index (χ3n) is 3.61. The number of anilines is 1. The van der Waals surface area contributed by atoms with E-state index in [0.717, 1.165) is 10.9 Å². The second kappa shape index (κ2) is 6.75. The van der Waals surface area contributed by atoms with Crippen molar-refractivity contribution < 1.29 is 13.9 Å². The van der Waals surface area contributed by atoms with Crippen LogP contribution in [0.2, 0.25) is 10.0 Å². The fourth-order valence-corrected chi connectivity index (χ4v) is 2.89. The van der Waals surface area contributed by atoms with Crippen molar-refractivity contribution in [3.8, 4) is 5.75 Å². The molecular weight excluding hydrogens is 349 g/mol. The van der Waals surface area contributed by atoms with E-state index in [0.29, 0.717) is 33.7 Å². The molecule has 124 valence electrons. The van der Waals surface area contributed by atoms with E-state index in [1.165, 1.54) is 0 Å². The lowest BCUT2D eigenvalue weighted by Crippen LogP contribution is -2.13. The average Bonchev–Trinajstić information content (AvgIpc) is 2.87. The number of rotatable bonds is 4. The molecule has 3 rings (SSSR count). The summed E-state index contributed by atoms with van der Waals surface area (Å²) < 4.78 is 11.2. The zero-order valence-corrected chi connectivity index (χ0v) is 14.7. The molecule has 0 aliphatic carbocycles. The minimum Gasteiger partial charge on any atom is -0.490 e. The first-order valence-corrected chi connectivity index (χ1v) is 8.18. The molecule has 1 aromatic heterocycles. The van der Waals surface area contributed by atoms with Gasteiger partial charge in [-0.3, -0.25) is 4.79 Å². The van der Waals surface area contributed by atoms with Crippen LogP contribution in [-0.4, -0.2) is 12.5 Å². The van der Waals surface area contributed by atoms with Gasteiger partial charge in [0, 0.05) is 16.0 Å². The highest BCUT2D eigenvalue weighted by molar-refractivity contribution is 6.32. The Kier molecular flexibility index (Phi) is 4.69. The van der Waals surface area contributed by atoms with Crippen molar-refractivity contribution >= 4 is 45.8 Å². The summed E-state index contributed by atoms with van der Waals surface area (Å²) >= 11 is 12.1. The summed E-state index contributed by atoms with van der Waals surface area (Å²) in [5.41, 5.74) is 1.83. The molecule has 1 heterocycles. The molecule has 24 heavy (non-hydrogen) atoms. The maximum absolute atomic E-state index is 12.6. The second-order valence-corrected chi connectivity index (χ2v) is 6.04. The molecule has 1 amide bonds. The molecule has 0 spiro atoms. The number of amides is 1. The zero-order chi connectivity index (χ0) is 17.3. The van der Waals surface area contributed by atoms with Crippen molar-refractivity contribution in [3.63, 3.8) is 0 Å². The van der Waals surface area contributed by atoms with Crippen LogP contribution < -0.4 is 10.1 Å². The van der Waals surface area contributed by atoms with E-state index in [4.69, 9.17) is 32.4 Å². The van der Waals surface area contributed by atoms with E-state index in [1.807, 2.05) is 13.8 Å². The van der Waals surface area contributed by atoms with Crippen LogP contribution in [0, 0.1) is 6.92 Å². The largest absolute Gasteiger partial charge is 0.490 e. The molecule has 0 unspecified atom stereocenters. The quantitative estimate of drug-likeness (QED) is 0.646. The molecule has 2 aromatic carbocycles. The number of hydrogen-bond donors (Lipinski definition) is 1. The van der Waals surface area contributed by atoms with Gasteiger partial charge in [0.15, 0.2) is 11.5 Å². The molecular formula is C18H15Cl2NO3. The van der Waals surface area contributed by atoms with Crippen LogP contribution in [0.4, 0.5) is 5.69 Å². The maximum atomic E-state index is 12.6. The third-order valence-corrected chi connectivity index (χ3v) is 4.14. The Bertz CT molecular complexity index is 918. The van der Waals surface area contributed by atoms with Crippen LogP contribution in [-0.2, 0) is 0 Å². The first-order chi connectivity index (χ1) is 11.5. The Morgan fingerprint density at radius 2 is 2.04 bits per heavy atom. The lowest BCUT2D eigenvalue weighted by atomic mass is 10.1. The van der Waals surface area contributed by atoms with Crippen LogP contribution in [0.25, 0.3) is 11.0 Å². The molecule has 0 saturated carbocycles. The SMILES string of the molecule is CCOc1c(Cl)cccc1NC(=O)c1oc2ccc(Cl)cc2c1C. The number of fused-ring (bicyclic) bond motifs is 1. The number of nitrogens with one attached hydrogen (secondary N) is 1.